The smallest absolute Gasteiger partial charge is 0.163 e. The molecule has 0 saturated heterocycles. The Morgan fingerprint density at radius 3 is 2.93 bits per heavy atom. The zero-order valence-electron chi connectivity index (χ0n) is 15.7. The number of aliphatic imine (C=N–C) groups is 1. The molecule has 1 aliphatic rings. The molecular weight excluding hydrogens is 441 g/mol. The van der Waals surface area contributed by atoms with E-state index in [0.717, 1.165) is 11.3 Å². The van der Waals surface area contributed by atoms with E-state index in [2.05, 4.69) is 36.5 Å². The van der Waals surface area contributed by atoms with Crippen LogP contribution in [0.25, 0.3) is 0 Å². The molecule has 0 unspecified atom stereocenters. The van der Waals surface area contributed by atoms with E-state index < -0.39 is 0 Å². The number of hydrogen-bond donors (Lipinski definition) is 2. The van der Waals surface area contributed by atoms with Crippen molar-refractivity contribution in [1.29, 1.82) is 0 Å². The molecule has 0 fully saturated rings. The lowest BCUT2D eigenvalue weighted by molar-refractivity contribution is 0.280. The van der Waals surface area contributed by atoms with Crippen LogP contribution >= 0.6 is 15.9 Å². The minimum Gasteiger partial charge on any atom is -0.493 e. The average Bonchev–Trinajstić information content (AvgIpc) is 3.23. The highest BCUT2D eigenvalue weighted by atomic mass is 79.9. The summed E-state index contributed by atoms with van der Waals surface area (Å²) in [5.74, 6) is 1.38. The van der Waals surface area contributed by atoms with E-state index in [4.69, 9.17) is 9.47 Å². The Balaban J connectivity index is 1.55. The van der Waals surface area contributed by atoms with E-state index >= 15 is 0 Å². The Kier molecular flexibility index (Phi) is 5.66. The molecule has 2 aromatic carbocycles. The van der Waals surface area contributed by atoms with Crippen molar-refractivity contribution in [1.82, 2.24) is 9.55 Å². The highest BCUT2D eigenvalue weighted by Crippen LogP contribution is 2.35. The fourth-order valence-corrected chi connectivity index (χ4v) is 3.30. The summed E-state index contributed by atoms with van der Waals surface area (Å²) in [6.45, 7) is 1.51. The Labute approximate surface area is 175 Å². The number of halogens is 2. The molecule has 2 heterocycles. The van der Waals surface area contributed by atoms with Crippen LogP contribution in [0.15, 0.2) is 58.5 Å². The Morgan fingerprint density at radius 2 is 2.17 bits per heavy atom. The molecule has 0 saturated carbocycles. The highest BCUT2D eigenvalue weighted by Gasteiger charge is 2.20. The number of nitrogens with one attached hydrogen (secondary N) is 2. The number of amidine groups is 1. The first kappa shape index (κ1) is 19.3. The molecule has 0 aliphatic carbocycles. The molecule has 0 radical (unpaired) electrons. The molecule has 0 amide bonds. The molecule has 3 aromatic rings. The fraction of sp³-hybridized carbons (Fsp3) is 0.200. The molecule has 0 spiro atoms. The first-order chi connectivity index (χ1) is 14.1. The Morgan fingerprint density at radius 1 is 1.28 bits per heavy atom. The van der Waals surface area contributed by atoms with Gasteiger partial charge in [0.15, 0.2) is 11.5 Å². The summed E-state index contributed by atoms with van der Waals surface area (Å²) in [6.07, 6.45) is 5.35. The van der Waals surface area contributed by atoms with Crippen LogP contribution in [-0.4, -0.2) is 35.8 Å². The summed E-state index contributed by atoms with van der Waals surface area (Å²) in [6, 6.07) is 8.54. The van der Waals surface area contributed by atoms with Gasteiger partial charge in [-0.1, -0.05) is 15.9 Å². The number of anilines is 2. The zero-order chi connectivity index (χ0) is 20.2. The van der Waals surface area contributed by atoms with Gasteiger partial charge >= 0.3 is 0 Å². The number of rotatable bonds is 6. The summed E-state index contributed by atoms with van der Waals surface area (Å²) in [5, 5.41) is 6.29. The summed E-state index contributed by atoms with van der Waals surface area (Å²) in [4.78, 5) is 8.46. The van der Waals surface area contributed by atoms with Crippen molar-refractivity contribution < 1.29 is 13.9 Å². The van der Waals surface area contributed by atoms with Gasteiger partial charge in [-0.05, 0) is 24.3 Å². The van der Waals surface area contributed by atoms with Gasteiger partial charge < -0.3 is 24.7 Å². The summed E-state index contributed by atoms with van der Waals surface area (Å²) < 4.78 is 28.3. The van der Waals surface area contributed by atoms with Crippen LogP contribution in [-0.2, 0) is 6.54 Å². The first-order valence-corrected chi connectivity index (χ1v) is 9.74. The van der Waals surface area contributed by atoms with Gasteiger partial charge in [0, 0.05) is 28.5 Å². The fourth-order valence-electron chi connectivity index (χ4n) is 2.97. The molecule has 0 bridgehead atoms. The largest absolute Gasteiger partial charge is 0.493 e. The maximum atomic E-state index is 14.2. The van der Waals surface area contributed by atoms with Gasteiger partial charge in [-0.15, -0.1) is 0 Å². The number of fused-ring (bicyclic) bond motifs is 1. The molecule has 4 rings (SSSR count). The standard InChI is InChI=1S/C20H19BrFN5O2/c1-28-18-9-14-17(10-19(18)29-7-6-27-5-4-23-12-27)24-11-25-20(14)26-16-3-2-13(21)8-15(16)22/h2-5,8-10,12,24H,6-7,11H2,1H3,(H,25,26). The molecule has 1 aliphatic heterocycles. The van der Waals surface area contributed by atoms with Gasteiger partial charge in [0.1, 0.15) is 24.9 Å². The quantitative estimate of drug-likeness (QED) is 0.580. The highest BCUT2D eigenvalue weighted by molar-refractivity contribution is 9.10. The minimum atomic E-state index is -0.367. The zero-order valence-corrected chi connectivity index (χ0v) is 17.2. The van der Waals surface area contributed by atoms with Crippen molar-refractivity contribution in [2.75, 3.05) is 31.0 Å². The molecule has 2 N–H and O–H groups in total. The van der Waals surface area contributed by atoms with Gasteiger partial charge in [-0.2, -0.15) is 0 Å². The maximum absolute atomic E-state index is 14.2. The topological polar surface area (TPSA) is 72.7 Å². The number of nitrogens with zero attached hydrogens (tertiary/aromatic N) is 3. The van der Waals surface area contributed by atoms with Gasteiger partial charge in [0.2, 0.25) is 0 Å². The third-order valence-electron chi connectivity index (χ3n) is 4.42. The van der Waals surface area contributed by atoms with Crippen molar-refractivity contribution >= 4 is 33.1 Å². The van der Waals surface area contributed by atoms with E-state index in [1.54, 1.807) is 31.8 Å². The van der Waals surface area contributed by atoms with Crippen LogP contribution in [0, 0.1) is 5.82 Å². The average molecular weight is 460 g/mol. The van der Waals surface area contributed by atoms with Gasteiger partial charge in [-0.25, -0.2) is 14.4 Å². The number of imidazole rings is 1. The maximum Gasteiger partial charge on any atom is 0.163 e. The van der Waals surface area contributed by atoms with Crippen molar-refractivity contribution in [2.24, 2.45) is 4.99 Å². The first-order valence-electron chi connectivity index (χ1n) is 8.95. The van der Waals surface area contributed by atoms with Crippen molar-refractivity contribution in [3.63, 3.8) is 0 Å². The van der Waals surface area contributed by atoms with Crippen molar-refractivity contribution in [3.05, 3.63) is 64.9 Å². The third kappa shape index (κ3) is 4.34. The van der Waals surface area contributed by atoms with Crippen LogP contribution in [0.5, 0.6) is 11.5 Å². The number of benzene rings is 2. The van der Waals surface area contributed by atoms with Gasteiger partial charge in [0.05, 0.1) is 31.4 Å². The summed E-state index contributed by atoms with van der Waals surface area (Å²) >= 11 is 3.26. The second kappa shape index (κ2) is 8.52. The van der Waals surface area contributed by atoms with E-state index in [0.29, 0.717) is 47.3 Å². The molecule has 29 heavy (non-hydrogen) atoms. The normalized spacial score (nSPS) is 12.6. The Bertz CT molecular complexity index is 1040. The van der Waals surface area contributed by atoms with Gasteiger partial charge in [-0.3, -0.25) is 0 Å². The van der Waals surface area contributed by atoms with E-state index in [1.165, 1.54) is 6.07 Å². The van der Waals surface area contributed by atoms with E-state index in [-0.39, 0.29) is 5.82 Å². The molecule has 1 aromatic heterocycles. The second-order valence-electron chi connectivity index (χ2n) is 6.29. The van der Waals surface area contributed by atoms with Gasteiger partial charge in [0.25, 0.3) is 0 Å². The summed E-state index contributed by atoms with van der Waals surface area (Å²) in [7, 11) is 1.58. The van der Waals surface area contributed by atoms with Crippen molar-refractivity contribution in [2.45, 2.75) is 6.54 Å². The van der Waals surface area contributed by atoms with E-state index in [9.17, 15) is 4.39 Å². The second-order valence-corrected chi connectivity index (χ2v) is 7.20. The lowest BCUT2D eigenvalue weighted by Crippen LogP contribution is -2.23. The molecule has 150 valence electrons. The number of hydrogen-bond acceptors (Lipinski definition) is 6. The van der Waals surface area contributed by atoms with E-state index in [1.807, 2.05) is 22.9 Å². The summed E-state index contributed by atoms with van der Waals surface area (Å²) in [5.41, 5.74) is 1.95. The Hall–Kier alpha value is -3.07. The van der Waals surface area contributed by atoms with Crippen LogP contribution in [0.4, 0.5) is 15.8 Å². The SMILES string of the molecule is COc1cc2c(cc1OCCn1ccnc1)NCN=C2Nc1ccc(Br)cc1F. The lowest BCUT2D eigenvalue weighted by atomic mass is 10.1. The van der Waals surface area contributed by atoms with Crippen LogP contribution in [0.1, 0.15) is 5.56 Å². The predicted molar refractivity (Wildman–Crippen MR) is 113 cm³/mol. The molecular formula is C20H19BrFN5O2. The third-order valence-corrected chi connectivity index (χ3v) is 4.91. The minimum absolute atomic E-state index is 0.347. The van der Waals surface area contributed by atoms with Crippen LogP contribution in [0.2, 0.25) is 0 Å². The van der Waals surface area contributed by atoms with Crippen LogP contribution in [0.3, 0.4) is 0 Å². The number of methoxy groups -OCH3 is 1. The number of aromatic nitrogens is 2. The predicted octanol–water partition coefficient (Wildman–Crippen LogP) is 4.11. The molecule has 7 nitrogen and oxygen atoms in total. The monoisotopic (exact) mass is 459 g/mol. The molecule has 0 atom stereocenters. The van der Waals surface area contributed by atoms with Crippen molar-refractivity contribution in [3.8, 4) is 11.5 Å². The molecule has 9 heteroatoms. The lowest BCUT2D eigenvalue weighted by Gasteiger charge is -2.22. The van der Waals surface area contributed by atoms with Crippen LogP contribution < -0.4 is 20.1 Å². The number of ether oxygens (including phenoxy) is 2.